The molecule has 0 saturated carbocycles. The Hall–Kier alpha value is -2.24. The lowest BCUT2D eigenvalue weighted by Crippen LogP contribution is -2.31. The molecule has 224 valence electrons. The standard InChI is InChI=1S/C26H30N6O4S6/c1-15-13-39-23(27-15)29-17(33)9-5-3-7-11-31-21(35)19(41-25(31)37)20-22(36)32(26(38)42-20)12-8-4-6-10-18(34)30-24-28-16(2)14-40-24/h13-14H,3-12H2,1-2H3,(H,27,29,33)(H,28,30,34). The molecule has 0 spiro atoms. The third-order valence-corrected chi connectivity index (χ3v) is 11.0. The van der Waals surface area contributed by atoms with Crippen molar-refractivity contribution in [1.82, 2.24) is 19.8 Å². The van der Waals surface area contributed by atoms with Crippen LogP contribution in [0.3, 0.4) is 0 Å². The molecule has 2 aromatic rings. The van der Waals surface area contributed by atoms with Crippen LogP contribution in [0.4, 0.5) is 10.3 Å². The average Bonchev–Trinajstić information content (AvgIpc) is 3.68. The van der Waals surface area contributed by atoms with E-state index < -0.39 is 0 Å². The number of nitrogens with one attached hydrogen (secondary N) is 2. The lowest BCUT2D eigenvalue weighted by molar-refractivity contribution is -0.124. The number of hydrogen-bond donors (Lipinski definition) is 2. The maximum atomic E-state index is 13.2. The fraction of sp³-hybridized carbons (Fsp3) is 0.462. The molecule has 4 rings (SSSR count). The van der Waals surface area contributed by atoms with Crippen LogP contribution in [0, 0.1) is 13.8 Å². The van der Waals surface area contributed by atoms with Crippen LogP contribution in [-0.4, -0.2) is 65.1 Å². The van der Waals surface area contributed by atoms with Gasteiger partial charge in [0.05, 0.1) is 21.2 Å². The first-order valence-corrected chi connectivity index (χ1v) is 17.6. The highest BCUT2D eigenvalue weighted by Crippen LogP contribution is 2.42. The van der Waals surface area contributed by atoms with Gasteiger partial charge in [-0.2, -0.15) is 0 Å². The number of nitrogens with zero attached hydrogens (tertiary/aromatic N) is 4. The molecule has 2 saturated heterocycles. The van der Waals surface area contributed by atoms with Crippen LogP contribution in [0.2, 0.25) is 0 Å². The Morgan fingerprint density at radius 3 is 1.48 bits per heavy atom. The normalized spacial score (nSPS) is 17.1. The summed E-state index contributed by atoms with van der Waals surface area (Å²) in [7, 11) is 0. The second-order valence-electron chi connectivity index (χ2n) is 9.61. The van der Waals surface area contributed by atoms with Gasteiger partial charge in [-0.05, 0) is 39.5 Å². The highest BCUT2D eigenvalue weighted by atomic mass is 32.2. The average molecular weight is 683 g/mol. The van der Waals surface area contributed by atoms with E-state index in [1.807, 2.05) is 24.6 Å². The first-order chi connectivity index (χ1) is 20.1. The van der Waals surface area contributed by atoms with Crippen molar-refractivity contribution in [2.45, 2.75) is 65.2 Å². The molecule has 0 unspecified atom stereocenters. The highest BCUT2D eigenvalue weighted by molar-refractivity contribution is 8.29. The van der Waals surface area contributed by atoms with Gasteiger partial charge in [0.2, 0.25) is 11.8 Å². The van der Waals surface area contributed by atoms with E-state index in [4.69, 9.17) is 24.4 Å². The number of amides is 4. The summed E-state index contributed by atoms with van der Waals surface area (Å²) < 4.78 is 0.840. The molecule has 2 aromatic heterocycles. The van der Waals surface area contributed by atoms with Crippen LogP contribution in [0.1, 0.15) is 62.8 Å². The third-order valence-electron chi connectivity index (χ3n) is 6.21. The molecule has 0 atom stereocenters. The molecule has 2 aliphatic rings. The van der Waals surface area contributed by atoms with Crippen molar-refractivity contribution in [1.29, 1.82) is 0 Å². The molecule has 0 aliphatic carbocycles. The maximum Gasteiger partial charge on any atom is 0.267 e. The van der Waals surface area contributed by atoms with Gasteiger partial charge in [-0.1, -0.05) is 60.8 Å². The molecule has 2 aliphatic heterocycles. The molecule has 42 heavy (non-hydrogen) atoms. The van der Waals surface area contributed by atoms with Gasteiger partial charge in [-0.15, -0.1) is 22.7 Å². The summed E-state index contributed by atoms with van der Waals surface area (Å²) in [6, 6.07) is 0. The minimum absolute atomic E-state index is 0.0794. The summed E-state index contributed by atoms with van der Waals surface area (Å²) in [4.78, 5) is 62.7. The lowest BCUT2D eigenvalue weighted by atomic mass is 10.2. The summed E-state index contributed by atoms with van der Waals surface area (Å²) in [5.74, 6) is -0.707. The van der Waals surface area contributed by atoms with Gasteiger partial charge >= 0.3 is 0 Å². The summed E-state index contributed by atoms with van der Waals surface area (Å²) in [5, 5.41) is 10.6. The van der Waals surface area contributed by atoms with Crippen LogP contribution < -0.4 is 10.6 Å². The SMILES string of the molecule is Cc1csc(NC(=O)CCCCCN2C(=O)C(=C3SC(=S)N(CCCCCC(=O)Nc4nc(C)cs4)C3=O)SC2=S)n1. The number of hydrogen-bond acceptors (Lipinski definition) is 12. The zero-order valence-corrected chi connectivity index (χ0v) is 28.0. The molecule has 0 aromatic carbocycles. The Bertz CT molecular complexity index is 1320. The molecule has 16 heteroatoms. The van der Waals surface area contributed by atoms with E-state index in [-0.39, 0.29) is 23.6 Å². The zero-order chi connectivity index (χ0) is 30.2. The smallest absolute Gasteiger partial charge is 0.267 e. The van der Waals surface area contributed by atoms with E-state index in [1.165, 1.54) is 32.5 Å². The third kappa shape index (κ3) is 8.89. The number of aryl methyl sites for hydroxylation is 2. The van der Waals surface area contributed by atoms with Gasteiger partial charge in [0.1, 0.15) is 8.64 Å². The highest BCUT2D eigenvalue weighted by Gasteiger charge is 2.41. The Balaban J connectivity index is 1.17. The molecule has 0 bridgehead atoms. The number of thioether (sulfide) groups is 2. The maximum absolute atomic E-state index is 13.2. The number of carbonyl (C=O) groups excluding carboxylic acids is 4. The number of carbonyl (C=O) groups is 4. The van der Waals surface area contributed by atoms with E-state index in [2.05, 4.69) is 20.6 Å². The quantitative estimate of drug-likeness (QED) is 0.143. The van der Waals surface area contributed by atoms with Crippen molar-refractivity contribution in [3.05, 3.63) is 32.0 Å². The van der Waals surface area contributed by atoms with Crippen molar-refractivity contribution in [2.24, 2.45) is 0 Å². The molecular formula is C26H30N6O4S6. The Kier molecular flexibility index (Phi) is 12.0. The van der Waals surface area contributed by atoms with Crippen LogP contribution in [-0.2, 0) is 19.2 Å². The van der Waals surface area contributed by atoms with Crippen LogP contribution >= 0.6 is 70.6 Å². The van der Waals surface area contributed by atoms with E-state index in [0.717, 1.165) is 47.8 Å². The van der Waals surface area contributed by atoms with Crippen LogP contribution in [0.5, 0.6) is 0 Å². The summed E-state index contributed by atoms with van der Waals surface area (Å²) in [5.41, 5.74) is 1.75. The number of thiazole rings is 2. The largest absolute Gasteiger partial charge is 0.302 e. The van der Waals surface area contributed by atoms with E-state index in [0.29, 0.717) is 80.3 Å². The van der Waals surface area contributed by atoms with E-state index in [1.54, 1.807) is 0 Å². The summed E-state index contributed by atoms with van der Waals surface area (Å²) >= 11 is 16.0. The minimum Gasteiger partial charge on any atom is -0.302 e. The fourth-order valence-electron chi connectivity index (χ4n) is 4.11. The van der Waals surface area contributed by atoms with Gasteiger partial charge in [-0.3, -0.25) is 29.0 Å². The lowest BCUT2D eigenvalue weighted by Gasteiger charge is -2.14. The van der Waals surface area contributed by atoms with Gasteiger partial charge < -0.3 is 10.6 Å². The zero-order valence-electron chi connectivity index (χ0n) is 23.1. The second kappa shape index (κ2) is 15.5. The van der Waals surface area contributed by atoms with Crippen molar-refractivity contribution >= 4 is 113 Å². The number of aromatic nitrogens is 2. The van der Waals surface area contributed by atoms with Crippen molar-refractivity contribution < 1.29 is 19.2 Å². The van der Waals surface area contributed by atoms with Crippen molar-refractivity contribution in [3.8, 4) is 0 Å². The molecule has 0 radical (unpaired) electrons. The molecular weight excluding hydrogens is 653 g/mol. The second-order valence-corrected chi connectivity index (χ2v) is 14.6. The minimum atomic E-state index is -0.274. The number of unbranched alkanes of at least 4 members (excludes halogenated alkanes) is 4. The van der Waals surface area contributed by atoms with E-state index >= 15 is 0 Å². The molecule has 4 amide bonds. The van der Waals surface area contributed by atoms with Gasteiger partial charge in [0.25, 0.3) is 11.8 Å². The Labute approximate surface area is 271 Å². The van der Waals surface area contributed by atoms with Gasteiger partial charge in [-0.25, -0.2) is 9.97 Å². The first kappa shape index (κ1) is 32.7. The number of rotatable bonds is 14. The Morgan fingerprint density at radius 1 is 0.714 bits per heavy atom. The fourth-order valence-corrected chi connectivity index (χ4v) is 8.29. The predicted octanol–water partition coefficient (Wildman–Crippen LogP) is 5.85. The molecule has 4 heterocycles. The summed E-state index contributed by atoms with van der Waals surface area (Å²) in [6.45, 7) is 4.61. The van der Waals surface area contributed by atoms with Crippen LogP contribution in [0.25, 0.3) is 0 Å². The molecule has 2 N–H and O–H groups in total. The Morgan fingerprint density at radius 2 is 1.12 bits per heavy atom. The monoisotopic (exact) mass is 682 g/mol. The topological polar surface area (TPSA) is 125 Å². The molecule has 2 fully saturated rings. The predicted molar refractivity (Wildman–Crippen MR) is 179 cm³/mol. The molecule has 10 nitrogen and oxygen atoms in total. The van der Waals surface area contributed by atoms with E-state index in [9.17, 15) is 19.2 Å². The van der Waals surface area contributed by atoms with Gasteiger partial charge in [0, 0.05) is 36.7 Å². The van der Waals surface area contributed by atoms with Crippen LogP contribution in [0.15, 0.2) is 20.6 Å². The number of anilines is 2. The first-order valence-electron chi connectivity index (χ1n) is 13.4. The van der Waals surface area contributed by atoms with Crippen molar-refractivity contribution in [3.63, 3.8) is 0 Å². The van der Waals surface area contributed by atoms with Crippen molar-refractivity contribution in [2.75, 3.05) is 23.7 Å². The number of thiocarbonyl (C=S) groups is 2. The van der Waals surface area contributed by atoms with Gasteiger partial charge in [0.15, 0.2) is 10.3 Å². The summed E-state index contributed by atoms with van der Waals surface area (Å²) in [6.07, 6.45) is 4.99.